The van der Waals surface area contributed by atoms with Gasteiger partial charge in [0.05, 0.1) is 27.7 Å². The van der Waals surface area contributed by atoms with Crippen LogP contribution in [0.5, 0.6) is 0 Å². The van der Waals surface area contributed by atoms with Gasteiger partial charge >= 0.3 is 19.8 Å². The van der Waals surface area contributed by atoms with Gasteiger partial charge in [0.1, 0.15) is 19.3 Å². The Morgan fingerprint density at radius 1 is 0.574 bits per heavy atom. The molecule has 9 nitrogen and oxygen atoms in total. The monoisotopic (exact) mass is 789 g/mol. The van der Waals surface area contributed by atoms with Gasteiger partial charge in [-0.3, -0.25) is 18.6 Å². The molecule has 0 aromatic carbocycles. The molecule has 10 heteroatoms. The van der Waals surface area contributed by atoms with E-state index in [0.29, 0.717) is 30.3 Å². The lowest BCUT2D eigenvalue weighted by Crippen LogP contribution is -2.42. The number of hydrogen-bond donors (Lipinski definition) is 1. The minimum Gasteiger partial charge on any atom is -0.462 e. The minimum absolute atomic E-state index is 0.231. The number of unbranched alkanes of at least 4 members (excludes halogenated alkanes) is 23. The van der Waals surface area contributed by atoms with Crippen LogP contribution in [0.15, 0.2) is 12.2 Å². The van der Waals surface area contributed by atoms with Gasteiger partial charge in [0, 0.05) is 12.8 Å². The highest BCUT2D eigenvalue weighted by atomic mass is 31.2. The summed E-state index contributed by atoms with van der Waals surface area (Å²) in [5.74, 6) is -0.798. The maximum Gasteiger partial charge on any atom is 0.472 e. The Balaban J connectivity index is 4.55. The van der Waals surface area contributed by atoms with Crippen molar-refractivity contribution in [3.05, 3.63) is 12.2 Å². The first-order valence-electron chi connectivity index (χ1n) is 22.4. The molecule has 0 aromatic rings. The Kier molecular flexibility index (Phi) is 35.3. The number of allylic oxidation sites excluding steroid dienone is 2. The number of hydrogen-bond acceptors (Lipinski definition) is 7. The Labute approximate surface area is 333 Å². The van der Waals surface area contributed by atoms with Crippen molar-refractivity contribution in [2.45, 2.75) is 219 Å². The molecule has 0 aliphatic rings. The molecule has 0 bridgehead atoms. The number of ether oxygens (including phenoxy) is 2. The van der Waals surface area contributed by atoms with Gasteiger partial charge in [-0.2, -0.15) is 0 Å². The first-order valence-corrected chi connectivity index (χ1v) is 23.9. The number of phosphoric ester groups is 1. The number of phosphoric acid groups is 1. The summed E-state index contributed by atoms with van der Waals surface area (Å²) in [7, 11) is 1.50. The second-order valence-electron chi connectivity index (χ2n) is 16.5. The molecule has 0 rings (SSSR count). The topological polar surface area (TPSA) is 108 Å². The Hall–Kier alpha value is -1.25. The number of rotatable bonds is 40. The lowest BCUT2D eigenvalue weighted by molar-refractivity contribution is -0.873. The number of carbonyl (C=O) groups is 2. The Morgan fingerprint density at radius 3 is 1.41 bits per heavy atom. The van der Waals surface area contributed by atoms with E-state index in [2.05, 4.69) is 26.0 Å². The van der Waals surface area contributed by atoms with Crippen molar-refractivity contribution in [2.24, 2.45) is 0 Å². The van der Waals surface area contributed by atoms with E-state index in [1.165, 1.54) is 109 Å². The predicted octanol–water partition coefficient (Wildman–Crippen LogP) is 12.6. The maximum atomic E-state index is 12.8. The molecule has 0 heterocycles. The average molecular weight is 789 g/mol. The van der Waals surface area contributed by atoms with Gasteiger partial charge < -0.3 is 18.9 Å². The third-order valence-corrected chi connectivity index (χ3v) is 10.8. The highest BCUT2D eigenvalue weighted by Crippen LogP contribution is 2.45. The molecule has 0 saturated carbocycles. The van der Waals surface area contributed by atoms with E-state index in [1.807, 2.05) is 28.1 Å². The fourth-order valence-electron chi connectivity index (χ4n) is 6.49. The van der Waals surface area contributed by atoms with Gasteiger partial charge in [-0.15, -0.1) is 0 Å². The van der Waals surface area contributed by atoms with Gasteiger partial charge in [0.25, 0.3) is 0 Å². The summed E-state index contributed by atoms with van der Waals surface area (Å²) in [5.41, 5.74) is 0. The van der Waals surface area contributed by atoms with E-state index >= 15 is 0 Å². The van der Waals surface area contributed by atoms with Crippen LogP contribution < -0.4 is 0 Å². The molecule has 0 saturated heterocycles. The van der Waals surface area contributed by atoms with E-state index in [1.54, 1.807) is 0 Å². The average Bonchev–Trinajstić information content (AvgIpc) is 3.12. The maximum absolute atomic E-state index is 12.8. The standard InChI is InChI=1S/C44H86NO8P/c1-7-10-12-14-16-18-20-22-23-25-27-29-31-33-35-37-44(47)52-42(40-51-54(48,49)53-41(9-3)38-45(4,5)6)39-50-43(46)36-34-32-30-28-26-24-21-19-17-15-13-11-8-2/h22-23,41-42H,7-21,24-40H2,1-6H3/p+1/b23-22-/t41?,42-/m1/s1. The summed E-state index contributed by atoms with van der Waals surface area (Å²) in [6, 6.07) is 0. The summed E-state index contributed by atoms with van der Waals surface area (Å²) in [5, 5.41) is 0. The smallest absolute Gasteiger partial charge is 0.462 e. The van der Waals surface area contributed by atoms with Crippen molar-refractivity contribution in [3.8, 4) is 0 Å². The van der Waals surface area contributed by atoms with Crippen LogP contribution >= 0.6 is 7.82 Å². The van der Waals surface area contributed by atoms with Gasteiger partial charge in [-0.05, 0) is 44.9 Å². The minimum atomic E-state index is -4.44. The van der Waals surface area contributed by atoms with Gasteiger partial charge in [0.15, 0.2) is 6.10 Å². The Morgan fingerprint density at radius 2 is 0.981 bits per heavy atom. The van der Waals surface area contributed by atoms with E-state index in [0.717, 1.165) is 51.4 Å². The molecule has 0 fully saturated rings. The van der Waals surface area contributed by atoms with Gasteiger partial charge in [0.2, 0.25) is 0 Å². The molecule has 3 atom stereocenters. The summed E-state index contributed by atoms with van der Waals surface area (Å²) < 4.78 is 35.2. The van der Waals surface area contributed by atoms with Gasteiger partial charge in [-0.25, -0.2) is 4.57 Å². The van der Waals surface area contributed by atoms with Crippen LogP contribution in [0.4, 0.5) is 0 Å². The summed E-state index contributed by atoms with van der Waals surface area (Å²) in [6.45, 7) is 6.28. The van der Waals surface area contributed by atoms with Crippen LogP contribution in [0.2, 0.25) is 0 Å². The largest absolute Gasteiger partial charge is 0.472 e. The summed E-state index contributed by atoms with van der Waals surface area (Å²) in [4.78, 5) is 35.8. The SMILES string of the molecule is CCCCCCCC/C=C\CCCCCCCC(=O)O[C@H](COC(=O)CCCCCCCCCCCCCCC)COP(=O)(O)OC(CC)C[N+](C)(C)C. The van der Waals surface area contributed by atoms with Crippen LogP contribution in [0.25, 0.3) is 0 Å². The normalized spacial score (nSPS) is 14.3. The zero-order valence-corrected chi connectivity index (χ0v) is 37.0. The molecule has 0 aromatic heterocycles. The van der Waals surface area contributed by atoms with E-state index in [-0.39, 0.29) is 19.0 Å². The zero-order valence-electron chi connectivity index (χ0n) is 36.1. The molecule has 0 amide bonds. The number of esters is 2. The highest BCUT2D eigenvalue weighted by molar-refractivity contribution is 7.47. The molecule has 320 valence electrons. The highest BCUT2D eigenvalue weighted by Gasteiger charge is 2.31. The van der Waals surface area contributed by atoms with E-state index in [9.17, 15) is 19.0 Å². The Bertz CT molecular complexity index is 953. The van der Waals surface area contributed by atoms with Crippen molar-refractivity contribution in [2.75, 3.05) is 40.9 Å². The summed E-state index contributed by atoms with van der Waals surface area (Å²) in [6.07, 6.45) is 35.4. The molecule has 2 unspecified atom stereocenters. The lowest BCUT2D eigenvalue weighted by Gasteiger charge is -2.29. The van der Waals surface area contributed by atoms with Crippen molar-refractivity contribution < 1.29 is 42.1 Å². The second kappa shape index (κ2) is 36.1. The van der Waals surface area contributed by atoms with Crippen molar-refractivity contribution in [1.82, 2.24) is 0 Å². The quantitative estimate of drug-likeness (QED) is 0.0215. The fourth-order valence-corrected chi connectivity index (χ4v) is 7.50. The molecule has 54 heavy (non-hydrogen) atoms. The predicted molar refractivity (Wildman–Crippen MR) is 224 cm³/mol. The van der Waals surface area contributed by atoms with Crippen LogP contribution in [0, 0.1) is 0 Å². The fraction of sp³-hybridized carbons (Fsp3) is 0.909. The first-order chi connectivity index (χ1) is 25.9. The third kappa shape index (κ3) is 37.7. The molecule has 0 aliphatic carbocycles. The molecule has 1 N–H and O–H groups in total. The van der Waals surface area contributed by atoms with Crippen LogP contribution in [-0.4, -0.2) is 74.4 Å². The van der Waals surface area contributed by atoms with Gasteiger partial charge in [-0.1, -0.05) is 161 Å². The van der Waals surface area contributed by atoms with Crippen molar-refractivity contribution in [3.63, 3.8) is 0 Å². The van der Waals surface area contributed by atoms with Crippen LogP contribution in [0.3, 0.4) is 0 Å². The zero-order chi connectivity index (χ0) is 40.2. The van der Waals surface area contributed by atoms with E-state index < -0.39 is 32.6 Å². The number of nitrogens with zero attached hydrogens (tertiary/aromatic N) is 1. The van der Waals surface area contributed by atoms with Crippen molar-refractivity contribution in [1.29, 1.82) is 0 Å². The molecule has 0 spiro atoms. The molecular weight excluding hydrogens is 701 g/mol. The lowest BCUT2D eigenvalue weighted by atomic mass is 10.0. The van der Waals surface area contributed by atoms with Crippen molar-refractivity contribution >= 4 is 19.8 Å². The summed E-state index contributed by atoms with van der Waals surface area (Å²) >= 11 is 0. The number of likely N-dealkylation sites (N-methyl/N-ethyl adjacent to an activating group) is 1. The molecule has 0 aliphatic heterocycles. The first kappa shape index (κ1) is 52.8. The number of quaternary nitrogens is 1. The van der Waals surface area contributed by atoms with Crippen LogP contribution in [0.1, 0.15) is 207 Å². The van der Waals surface area contributed by atoms with E-state index in [4.69, 9.17) is 18.5 Å². The van der Waals surface area contributed by atoms with Crippen LogP contribution in [-0.2, 0) is 32.7 Å². The molecule has 0 radical (unpaired) electrons. The third-order valence-electron chi connectivity index (χ3n) is 9.77. The molecular formula is C44H87NO8P+. The number of carbonyl (C=O) groups excluding carboxylic acids is 2. The second-order valence-corrected chi connectivity index (χ2v) is 17.9.